The molecule has 0 unspecified atom stereocenters. The second-order valence-electron chi connectivity index (χ2n) is 6.07. The normalized spacial score (nSPS) is 11.4. The lowest BCUT2D eigenvalue weighted by atomic mass is 10.1. The highest BCUT2D eigenvalue weighted by atomic mass is 35.5. The molecule has 0 aliphatic heterocycles. The Bertz CT molecular complexity index is 1220. The van der Waals surface area contributed by atoms with Crippen molar-refractivity contribution in [1.82, 2.24) is 9.55 Å². The zero-order chi connectivity index (χ0) is 19.0. The van der Waals surface area contributed by atoms with Crippen LogP contribution in [-0.4, -0.2) is 19.8 Å². The molecule has 27 heavy (non-hydrogen) atoms. The summed E-state index contributed by atoms with van der Waals surface area (Å²) in [5.74, 6) is -0.280. The number of fused-ring (bicyclic) bond motifs is 1. The van der Waals surface area contributed by atoms with Crippen molar-refractivity contribution in [2.24, 2.45) is 0 Å². The molecule has 4 rings (SSSR count). The Morgan fingerprint density at radius 3 is 2.44 bits per heavy atom. The number of imidazole rings is 1. The number of aromatic hydroxyl groups is 2. The number of hydrogen-bond acceptors (Lipinski definition) is 3. The van der Waals surface area contributed by atoms with E-state index in [4.69, 9.17) is 11.6 Å². The molecule has 0 saturated carbocycles. The molecule has 6 heteroatoms. The molecular weight excluding hydrogens is 364 g/mol. The lowest BCUT2D eigenvalue weighted by molar-refractivity contribution is 0.448. The summed E-state index contributed by atoms with van der Waals surface area (Å²) in [6.07, 6.45) is 3.52. The van der Waals surface area contributed by atoms with Gasteiger partial charge in [0.05, 0.1) is 16.7 Å². The summed E-state index contributed by atoms with van der Waals surface area (Å²) in [6.45, 7) is 0. The van der Waals surface area contributed by atoms with Crippen molar-refractivity contribution >= 4 is 34.8 Å². The van der Waals surface area contributed by atoms with Gasteiger partial charge in [0, 0.05) is 16.7 Å². The van der Waals surface area contributed by atoms with Gasteiger partial charge in [-0.05, 0) is 35.9 Å². The Balaban J connectivity index is 1.83. The van der Waals surface area contributed by atoms with Gasteiger partial charge in [0.15, 0.2) is 0 Å². The van der Waals surface area contributed by atoms with Gasteiger partial charge in [-0.1, -0.05) is 48.0 Å². The van der Waals surface area contributed by atoms with Gasteiger partial charge >= 0.3 is 5.69 Å². The zero-order valence-electron chi connectivity index (χ0n) is 14.1. The molecule has 3 aromatic carbocycles. The molecule has 0 amide bonds. The first-order valence-electron chi connectivity index (χ1n) is 8.23. The van der Waals surface area contributed by atoms with Crippen molar-refractivity contribution in [3.8, 4) is 17.2 Å². The first kappa shape index (κ1) is 17.0. The van der Waals surface area contributed by atoms with Crippen LogP contribution in [0.3, 0.4) is 0 Å². The van der Waals surface area contributed by atoms with Crippen LogP contribution >= 0.6 is 11.6 Å². The fraction of sp³-hybridized carbons (Fsp3) is 0. The Morgan fingerprint density at radius 1 is 0.926 bits per heavy atom. The average Bonchev–Trinajstić information content (AvgIpc) is 2.98. The highest BCUT2D eigenvalue weighted by molar-refractivity contribution is 6.30. The summed E-state index contributed by atoms with van der Waals surface area (Å²) in [6, 6.07) is 17.2. The minimum absolute atomic E-state index is 0.0886. The van der Waals surface area contributed by atoms with Crippen LogP contribution in [0.15, 0.2) is 65.5 Å². The molecule has 0 bridgehead atoms. The first-order valence-corrected chi connectivity index (χ1v) is 8.60. The third-order valence-electron chi connectivity index (χ3n) is 4.28. The maximum Gasteiger partial charge on any atom is 0.331 e. The van der Waals surface area contributed by atoms with Crippen LogP contribution in [0.4, 0.5) is 0 Å². The van der Waals surface area contributed by atoms with Crippen LogP contribution in [-0.2, 0) is 0 Å². The third kappa shape index (κ3) is 3.20. The quantitative estimate of drug-likeness (QED) is 0.457. The Labute approximate surface area is 159 Å². The molecule has 0 saturated heterocycles. The summed E-state index contributed by atoms with van der Waals surface area (Å²) in [7, 11) is 0. The predicted molar refractivity (Wildman–Crippen MR) is 108 cm³/mol. The van der Waals surface area contributed by atoms with Crippen molar-refractivity contribution in [2.45, 2.75) is 0 Å². The van der Waals surface area contributed by atoms with Crippen molar-refractivity contribution < 1.29 is 10.2 Å². The highest BCUT2D eigenvalue weighted by Gasteiger charge is 2.14. The van der Waals surface area contributed by atoms with Crippen LogP contribution in [0.2, 0.25) is 5.02 Å². The standard InChI is InChI=1S/C21H15ClN2O3/c22-15-9-6-13(7-10-15)5-8-14-11-18(20(26)12-19(14)25)24-17-4-2-1-3-16(17)23-21(24)27/h1-12,25-26H,(H,23,27)/b8-5+. The predicted octanol–water partition coefficient (Wildman–Crippen LogP) is 4.55. The minimum Gasteiger partial charge on any atom is -0.507 e. The van der Waals surface area contributed by atoms with Crippen LogP contribution in [0.25, 0.3) is 28.9 Å². The Hall–Kier alpha value is -3.44. The minimum atomic E-state index is -0.371. The molecule has 4 aromatic rings. The summed E-state index contributed by atoms with van der Waals surface area (Å²) in [4.78, 5) is 15.2. The van der Waals surface area contributed by atoms with Crippen LogP contribution < -0.4 is 5.69 Å². The second kappa shape index (κ2) is 6.70. The van der Waals surface area contributed by atoms with E-state index < -0.39 is 0 Å². The van der Waals surface area contributed by atoms with E-state index in [9.17, 15) is 15.0 Å². The van der Waals surface area contributed by atoms with Crippen molar-refractivity contribution in [2.75, 3.05) is 0 Å². The van der Waals surface area contributed by atoms with Gasteiger partial charge in [0.25, 0.3) is 0 Å². The number of nitrogens with zero attached hydrogens (tertiary/aromatic N) is 1. The van der Waals surface area contributed by atoms with Crippen molar-refractivity contribution in [3.05, 3.63) is 87.3 Å². The number of H-pyrrole nitrogens is 1. The number of phenols is 2. The molecule has 0 atom stereocenters. The Morgan fingerprint density at radius 2 is 1.67 bits per heavy atom. The third-order valence-corrected chi connectivity index (χ3v) is 4.53. The maximum atomic E-state index is 12.4. The molecular formula is C21H15ClN2O3. The number of para-hydroxylation sites is 2. The lowest BCUT2D eigenvalue weighted by Crippen LogP contribution is -2.14. The van der Waals surface area contributed by atoms with E-state index in [-0.39, 0.29) is 22.9 Å². The SMILES string of the molecule is O=c1[nH]c2ccccc2n1-c1cc(/C=C/c2ccc(Cl)cc2)c(O)cc1O. The fourth-order valence-electron chi connectivity index (χ4n) is 2.95. The Kier molecular flexibility index (Phi) is 4.22. The van der Waals surface area contributed by atoms with Crippen LogP contribution in [0.5, 0.6) is 11.5 Å². The zero-order valence-corrected chi connectivity index (χ0v) is 14.8. The lowest BCUT2D eigenvalue weighted by Gasteiger charge is -2.09. The summed E-state index contributed by atoms with van der Waals surface area (Å²) in [5, 5.41) is 21.1. The molecule has 0 aliphatic rings. The molecule has 3 N–H and O–H groups in total. The summed E-state index contributed by atoms with van der Waals surface area (Å²) < 4.78 is 1.38. The second-order valence-corrected chi connectivity index (χ2v) is 6.50. The molecule has 0 aliphatic carbocycles. The van der Waals surface area contributed by atoms with Gasteiger partial charge < -0.3 is 15.2 Å². The molecule has 134 valence electrons. The molecule has 0 spiro atoms. The molecule has 0 fully saturated rings. The molecule has 1 aromatic heterocycles. The number of rotatable bonds is 3. The van der Waals surface area contributed by atoms with Gasteiger partial charge in [0.2, 0.25) is 0 Å². The van der Waals surface area contributed by atoms with E-state index in [1.165, 1.54) is 10.6 Å². The average molecular weight is 379 g/mol. The number of hydrogen-bond donors (Lipinski definition) is 3. The largest absolute Gasteiger partial charge is 0.507 e. The number of aromatic nitrogens is 2. The number of benzene rings is 3. The van der Waals surface area contributed by atoms with Crippen molar-refractivity contribution in [1.29, 1.82) is 0 Å². The first-order chi connectivity index (χ1) is 13.0. The van der Waals surface area contributed by atoms with E-state index >= 15 is 0 Å². The fourth-order valence-corrected chi connectivity index (χ4v) is 3.07. The monoisotopic (exact) mass is 378 g/mol. The number of nitrogens with one attached hydrogen (secondary N) is 1. The molecule has 1 heterocycles. The summed E-state index contributed by atoms with van der Waals surface area (Å²) in [5.41, 5.74) is 2.58. The topological polar surface area (TPSA) is 78.2 Å². The van der Waals surface area contributed by atoms with Crippen LogP contribution in [0.1, 0.15) is 11.1 Å². The van der Waals surface area contributed by atoms with E-state index in [1.807, 2.05) is 30.3 Å². The maximum absolute atomic E-state index is 12.4. The van der Waals surface area contributed by atoms with Gasteiger partial charge in [-0.3, -0.25) is 4.57 Å². The van der Waals surface area contributed by atoms with Crippen LogP contribution in [0, 0.1) is 0 Å². The van der Waals surface area contributed by atoms with Gasteiger partial charge in [-0.15, -0.1) is 0 Å². The van der Waals surface area contributed by atoms with E-state index in [0.29, 0.717) is 21.6 Å². The molecule has 5 nitrogen and oxygen atoms in total. The van der Waals surface area contributed by atoms with E-state index in [2.05, 4.69) is 4.98 Å². The van der Waals surface area contributed by atoms with E-state index in [1.54, 1.807) is 36.4 Å². The number of aromatic amines is 1. The van der Waals surface area contributed by atoms with Gasteiger partial charge in [-0.25, -0.2) is 4.79 Å². The smallest absolute Gasteiger partial charge is 0.331 e. The summed E-state index contributed by atoms with van der Waals surface area (Å²) >= 11 is 5.88. The number of halogens is 1. The van der Waals surface area contributed by atoms with Gasteiger partial charge in [-0.2, -0.15) is 0 Å². The van der Waals surface area contributed by atoms with Crippen molar-refractivity contribution in [3.63, 3.8) is 0 Å². The number of phenolic OH excluding ortho intramolecular Hbond substituents is 2. The molecule has 0 radical (unpaired) electrons. The van der Waals surface area contributed by atoms with E-state index in [0.717, 1.165) is 5.56 Å². The highest BCUT2D eigenvalue weighted by Crippen LogP contribution is 2.32. The van der Waals surface area contributed by atoms with Gasteiger partial charge in [0.1, 0.15) is 11.5 Å².